The third kappa shape index (κ3) is 4.68. The third-order valence-electron chi connectivity index (χ3n) is 4.16. The molecule has 1 heterocycles. The van der Waals surface area contributed by atoms with E-state index in [2.05, 4.69) is 10.3 Å². The lowest BCUT2D eigenvalue weighted by molar-refractivity contribution is -0.139. The van der Waals surface area contributed by atoms with Crippen molar-refractivity contribution in [3.63, 3.8) is 0 Å². The highest BCUT2D eigenvalue weighted by Crippen LogP contribution is 2.34. The number of carbonyl (C=O) groups is 1. The van der Waals surface area contributed by atoms with Gasteiger partial charge in [0.2, 0.25) is 0 Å². The van der Waals surface area contributed by atoms with E-state index in [1.165, 1.54) is 22.9 Å². The maximum absolute atomic E-state index is 13.2. The van der Waals surface area contributed by atoms with E-state index < -0.39 is 32.6 Å². The summed E-state index contributed by atoms with van der Waals surface area (Å²) >= 11 is 12.0. The molecule has 0 atom stereocenters. The fourth-order valence-corrected chi connectivity index (χ4v) is 4.47. The zero-order valence-corrected chi connectivity index (χ0v) is 17.9. The van der Waals surface area contributed by atoms with Crippen molar-refractivity contribution in [3.8, 4) is 5.69 Å². The molecule has 0 saturated carbocycles. The average molecular weight is 493 g/mol. The minimum absolute atomic E-state index is 0.188. The van der Waals surface area contributed by atoms with Crippen LogP contribution < -0.4 is 4.72 Å². The van der Waals surface area contributed by atoms with Crippen LogP contribution >= 0.6 is 23.2 Å². The van der Waals surface area contributed by atoms with E-state index in [-0.39, 0.29) is 22.8 Å². The summed E-state index contributed by atoms with van der Waals surface area (Å²) in [6.45, 7) is 1.66. The Morgan fingerprint density at radius 1 is 1.16 bits per heavy atom. The molecule has 0 saturated heterocycles. The molecule has 1 N–H and O–H groups in total. The van der Waals surface area contributed by atoms with E-state index in [0.29, 0.717) is 16.8 Å². The number of halogens is 5. The van der Waals surface area contributed by atoms with Gasteiger partial charge in [0.15, 0.2) is 5.69 Å². The number of sulfonamides is 1. The van der Waals surface area contributed by atoms with Gasteiger partial charge in [-0.2, -0.15) is 13.2 Å². The van der Waals surface area contributed by atoms with Gasteiger partial charge in [-0.1, -0.05) is 47.5 Å². The van der Waals surface area contributed by atoms with Gasteiger partial charge in [-0.05, 0) is 36.8 Å². The Bertz CT molecular complexity index is 1260. The number of nitrogens with one attached hydrogen (secondary N) is 1. The molecule has 7 nitrogen and oxygen atoms in total. The molecule has 0 radical (unpaired) electrons. The van der Waals surface area contributed by atoms with Gasteiger partial charge in [-0.15, -0.1) is 5.10 Å². The van der Waals surface area contributed by atoms with Crippen molar-refractivity contribution in [3.05, 3.63) is 69.5 Å². The Morgan fingerprint density at radius 3 is 2.45 bits per heavy atom. The monoisotopic (exact) mass is 492 g/mol. The Hall–Kier alpha value is -2.63. The molecule has 31 heavy (non-hydrogen) atoms. The van der Waals surface area contributed by atoms with Crippen molar-refractivity contribution in [1.82, 2.24) is 19.7 Å². The van der Waals surface area contributed by atoms with Gasteiger partial charge in [0.1, 0.15) is 0 Å². The molecule has 0 aliphatic rings. The number of amides is 1. The second kappa shape index (κ2) is 8.48. The molecule has 3 aromatic rings. The molecule has 1 aromatic heterocycles. The molecule has 0 bridgehead atoms. The summed E-state index contributed by atoms with van der Waals surface area (Å²) in [7, 11) is -4.86. The molecular weight excluding hydrogens is 480 g/mol. The number of hydrogen-bond donors (Lipinski definition) is 1. The van der Waals surface area contributed by atoms with Crippen molar-refractivity contribution in [1.29, 1.82) is 0 Å². The molecule has 13 heteroatoms. The first-order chi connectivity index (χ1) is 14.5. The number of hydrogen-bond acceptors (Lipinski definition) is 5. The normalized spacial score (nSPS) is 12.1. The molecule has 0 aliphatic heterocycles. The molecule has 0 fully saturated rings. The van der Waals surface area contributed by atoms with Gasteiger partial charge in [0.25, 0.3) is 15.9 Å². The minimum Gasteiger partial charge on any atom is -0.266 e. The van der Waals surface area contributed by atoms with E-state index in [9.17, 15) is 26.4 Å². The lowest BCUT2D eigenvalue weighted by Crippen LogP contribution is -2.33. The standard InChI is InChI=1S/C18H13Cl2F3N4O3S/c1-2-13-16(24-26-27(13)14-8-7-10(19)9-12(14)20)17(28)25-31(29,30)15-6-4-3-5-11(15)18(21,22)23/h3-9H,2H2,1H3,(H,25,28). The first kappa shape index (κ1) is 23.0. The highest BCUT2D eigenvalue weighted by molar-refractivity contribution is 7.90. The van der Waals surface area contributed by atoms with Crippen molar-refractivity contribution in [2.24, 2.45) is 0 Å². The summed E-state index contributed by atoms with van der Waals surface area (Å²) in [5, 5.41) is 8.09. The summed E-state index contributed by atoms with van der Waals surface area (Å²) in [5.74, 6) is -1.23. The van der Waals surface area contributed by atoms with Crippen LogP contribution in [-0.4, -0.2) is 29.3 Å². The van der Waals surface area contributed by atoms with Crippen LogP contribution in [0.25, 0.3) is 5.69 Å². The van der Waals surface area contributed by atoms with Crippen molar-refractivity contribution in [2.45, 2.75) is 24.4 Å². The molecule has 164 valence electrons. The van der Waals surface area contributed by atoms with Crippen LogP contribution in [-0.2, 0) is 22.6 Å². The molecule has 0 spiro atoms. The quantitative estimate of drug-likeness (QED) is 0.573. The molecule has 1 amide bonds. The van der Waals surface area contributed by atoms with E-state index in [0.717, 1.165) is 18.2 Å². The lowest BCUT2D eigenvalue weighted by Gasteiger charge is -2.13. The van der Waals surface area contributed by atoms with Gasteiger partial charge in [-0.3, -0.25) is 4.79 Å². The topological polar surface area (TPSA) is 93.9 Å². The van der Waals surface area contributed by atoms with Gasteiger partial charge in [0, 0.05) is 5.02 Å². The maximum Gasteiger partial charge on any atom is 0.417 e. The van der Waals surface area contributed by atoms with E-state index in [4.69, 9.17) is 23.2 Å². The Morgan fingerprint density at radius 2 is 1.84 bits per heavy atom. The third-order valence-corrected chi connectivity index (χ3v) is 6.09. The lowest BCUT2D eigenvalue weighted by atomic mass is 10.2. The summed E-state index contributed by atoms with van der Waals surface area (Å²) in [6, 6.07) is 8.01. The Labute approximate surface area is 184 Å². The fraction of sp³-hybridized carbons (Fsp3) is 0.167. The van der Waals surface area contributed by atoms with Gasteiger partial charge >= 0.3 is 6.18 Å². The number of rotatable bonds is 5. The number of benzene rings is 2. The summed E-state index contributed by atoms with van der Waals surface area (Å²) in [4.78, 5) is 11.5. The predicted molar refractivity (Wildman–Crippen MR) is 107 cm³/mol. The SMILES string of the molecule is CCc1c(C(=O)NS(=O)(=O)c2ccccc2C(F)(F)F)nnn1-c1ccc(Cl)cc1Cl. The van der Waals surface area contributed by atoms with Crippen LogP contribution in [0.2, 0.25) is 10.0 Å². The zero-order chi connectivity index (χ0) is 23.0. The van der Waals surface area contributed by atoms with Gasteiger partial charge in [-0.25, -0.2) is 17.8 Å². The number of carbonyl (C=O) groups excluding carboxylic acids is 1. The Kier molecular flexibility index (Phi) is 6.30. The van der Waals surface area contributed by atoms with Crippen LogP contribution in [0.1, 0.15) is 28.7 Å². The largest absolute Gasteiger partial charge is 0.417 e. The summed E-state index contributed by atoms with van der Waals surface area (Å²) in [5.41, 5.74) is -1.25. The van der Waals surface area contributed by atoms with Crippen LogP contribution in [0.5, 0.6) is 0 Å². The molecule has 3 rings (SSSR count). The highest BCUT2D eigenvalue weighted by Gasteiger charge is 2.37. The summed E-state index contributed by atoms with van der Waals surface area (Å²) < 4.78 is 67.5. The van der Waals surface area contributed by atoms with Crippen LogP contribution in [0, 0.1) is 0 Å². The first-order valence-electron chi connectivity index (χ1n) is 8.59. The molecule has 0 unspecified atom stereocenters. The second-order valence-corrected chi connectivity index (χ2v) is 8.67. The second-order valence-electron chi connectivity index (χ2n) is 6.17. The Balaban J connectivity index is 1.99. The van der Waals surface area contributed by atoms with Crippen molar-refractivity contribution < 1.29 is 26.4 Å². The predicted octanol–water partition coefficient (Wildman–Crippen LogP) is 4.27. The minimum atomic E-state index is -4.93. The van der Waals surface area contributed by atoms with Crippen LogP contribution in [0.15, 0.2) is 47.4 Å². The number of nitrogens with zero attached hydrogens (tertiary/aromatic N) is 3. The van der Waals surface area contributed by atoms with Crippen LogP contribution in [0.3, 0.4) is 0 Å². The maximum atomic E-state index is 13.2. The molecular formula is C18H13Cl2F3N4O3S. The fourth-order valence-electron chi connectivity index (χ4n) is 2.80. The van der Waals surface area contributed by atoms with E-state index in [1.54, 1.807) is 11.6 Å². The van der Waals surface area contributed by atoms with Crippen LogP contribution in [0.4, 0.5) is 13.2 Å². The van der Waals surface area contributed by atoms with E-state index >= 15 is 0 Å². The number of alkyl halides is 3. The highest BCUT2D eigenvalue weighted by atomic mass is 35.5. The first-order valence-corrected chi connectivity index (χ1v) is 10.8. The zero-order valence-electron chi connectivity index (χ0n) is 15.6. The number of aromatic nitrogens is 3. The molecule has 2 aromatic carbocycles. The van der Waals surface area contributed by atoms with E-state index in [1.807, 2.05) is 0 Å². The average Bonchev–Trinajstić information content (AvgIpc) is 3.11. The van der Waals surface area contributed by atoms with Crippen molar-refractivity contribution in [2.75, 3.05) is 0 Å². The van der Waals surface area contributed by atoms with Gasteiger partial charge < -0.3 is 0 Å². The summed E-state index contributed by atoms with van der Waals surface area (Å²) in [6.07, 6.45) is -4.74. The smallest absolute Gasteiger partial charge is 0.266 e. The van der Waals surface area contributed by atoms with Crippen molar-refractivity contribution >= 4 is 39.1 Å². The van der Waals surface area contributed by atoms with Gasteiger partial charge in [0.05, 0.1) is 26.9 Å². The molecule has 0 aliphatic carbocycles.